The third kappa shape index (κ3) is 3.08. The van der Waals surface area contributed by atoms with Gasteiger partial charge in [-0.3, -0.25) is 14.5 Å². The van der Waals surface area contributed by atoms with Gasteiger partial charge in [-0.05, 0) is 70.2 Å². The van der Waals surface area contributed by atoms with Crippen molar-refractivity contribution in [2.24, 2.45) is 0 Å². The summed E-state index contributed by atoms with van der Waals surface area (Å²) >= 11 is 0. The minimum absolute atomic E-state index is 0.0595. The molecule has 5 heteroatoms. The van der Waals surface area contributed by atoms with E-state index in [1.54, 1.807) is 12.4 Å². The Balaban J connectivity index is 1.64. The first-order valence-electron chi connectivity index (χ1n) is 9.26. The summed E-state index contributed by atoms with van der Waals surface area (Å²) in [4.78, 5) is 19.3. The minimum Gasteiger partial charge on any atom is -0.330 e. The van der Waals surface area contributed by atoms with Gasteiger partial charge in [0.25, 0.3) is 5.91 Å². The Hall–Kier alpha value is -2.17. The molecule has 1 amide bonds. The van der Waals surface area contributed by atoms with E-state index < -0.39 is 0 Å². The van der Waals surface area contributed by atoms with Gasteiger partial charge in [-0.15, -0.1) is 0 Å². The molecular formula is C20H26N4O. The van der Waals surface area contributed by atoms with E-state index in [9.17, 15) is 4.79 Å². The van der Waals surface area contributed by atoms with Gasteiger partial charge in [-0.1, -0.05) is 0 Å². The van der Waals surface area contributed by atoms with Crippen LogP contribution in [0.4, 0.5) is 0 Å². The lowest BCUT2D eigenvalue weighted by Gasteiger charge is -2.24. The fraction of sp³-hybridized carbons (Fsp3) is 0.550. The summed E-state index contributed by atoms with van der Waals surface area (Å²) in [6.07, 6.45) is 8.06. The number of carbonyl (C=O) groups excluding carboxylic acids is 1. The second-order valence-corrected chi connectivity index (χ2v) is 8.25. The third-order valence-electron chi connectivity index (χ3n) is 5.19. The highest BCUT2D eigenvalue weighted by Crippen LogP contribution is 2.42. The molecule has 132 valence electrons. The Morgan fingerprint density at radius 3 is 2.52 bits per heavy atom. The number of carbonyl (C=O) groups is 1. The Bertz CT molecular complexity index is 771. The van der Waals surface area contributed by atoms with Crippen LogP contribution in [0.5, 0.6) is 0 Å². The lowest BCUT2D eigenvalue weighted by molar-refractivity contribution is 0.0728. The highest BCUT2D eigenvalue weighted by atomic mass is 16.2. The van der Waals surface area contributed by atoms with E-state index in [1.165, 1.54) is 24.1 Å². The Kier molecular flexibility index (Phi) is 3.89. The van der Waals surface area contributed by atoms with Crippen LogP contribution in [0.2, 0.25) is 0 Å². The molecule has 0 radical (unpaired) electrons. The highest BCUT2D eigenvalue weighted by Gasteiger charge is 2.36. The number of rotatable bonds is 3. The van der Waals surface area contributed by atoms with Gasteiger partial charge in [-0.25, -0.2) is 0 Å². The average molecular weight is 338 g/mol. The van der Waals surface area contributed by atoms with Crippen molar-refractivity contribution in [3.63, 3.8) is 0 Å². The summed E-state index contributed by atoms with van der Waals surface area (Å²) in [5, 5.41) is 4.73. The number of aromatic nitrogens is 3. The van der Waals surface area contributed by atoms with E-state index in [2.05, 4.69) is 30.4 Å². The van der Waals surface area contributed by atoms with Crippen molar-refractivity contribution >= 4 is 5.91 Å². The zero-order chi connectivity index (χ0) is 17.6. The monoisotopic (exact) mass is 338 g/mol. The number of amides is 1. The van der Waals surface area contributed by atoms with E-state index in [0.717, 1.165) is 19.4 Å². The maximum Gasteiger partial charge on any atom is 0.274 e. The Labute approximate surface area is 149 Å². The second kappa shape index (κ2) is 5.97. The number of nitrogens with zero attached hydrogens (tertiary/aromatic N) is 4. The van der Waals surface area contributed by atoms with Gasteiger partial charge < -0.3 is 4.90 Å². The van der Waals surface area contributed by atoms with Crippen LogP contribution in [0, 0.1) is 0 Å². The van der Waals surface area contributed by atoms with Crippen LogP contribution in [0.15, 0.2) is 30.6 Å². The Morgan fingerprint density at radius 2 is 1.88 bits per heavy atom. The number of hydrogen-bond acceptors (Lipinski definition) is 3. The molecule has 0 unspecified atom stereocenters. The van der Waals surface area contributed by atoms with Gasteiger partial charge in [0.05, 0.1) is 11.6 Å². The highest BCUT2D eigenvalue weighted by molar-refractivity contribution is 5.93. The molecule has 0 bridgehead atoms. The van der Waals surface area contributed by atoms with Gasteiger partial charge >= 0.3 is 0 Å². The first-order chi connectivity index (χ1) is 11.9. The molecule has 5 nitrogen and oxygen atoms in total. The van der Waals surface area contributed by atoms with Crippen molar-refractivity contribution in [1.82, 2.24) is 19.7 Å². The van der Waals surface area contributed by atoms with Crippen molar-refractivity contribution in [3.05, 3.63) is 47.5 Å². The zero-order valence-corrected chi connectivity index (χ0v) is 15.3. The summed E-state index contributed by atoms with van der Waals surface area (Å²) in [5.41, 5.74) is 2.87. The zero-order valence-electron chi connectivity index (χ0n) is 15.3. The van der Waals surface area contributed by atoms with Crippen LogP contribution < -0.4 is 0 Å². The quantitative estimate of drug-likeness (QED) is 0.853. The van der Waals surface area contributed by atoms with Crippen LogP contribution in [0.1, 0.15) is 80.2 Å². The van der Waals surface area contributed by atoms with Crippen molar-refractivity contribution in [2.75, 3.05) is 6.54 Å². The van der Waals surface area contributed by atoms with Gasteiger partial charge in [0.2, 0.25) is 0 Å². The van der Waals surface area contributed by atoms with E-state index in [4.69, 9.17) is 5.10 Å². The number of likely N-dealkylation sites (tertiary alicyclic amines) is 1. The smallest absolute Gasteiger partial charge is 0.274 e. The van der Waals surface area contributed by atoms with Crippen LogP contribution in [-0.4, -0.2) is 32.1 Å². The number of hydrogen-bond donors (Lipinski definition) is 0. The first-order valence-corrected chi connectivity index (χ1v) is 9.26. The molecule has 2 aliphatic rings. The molecule has 3 heterocycles. The molecule has 0 spiro atoms. The molecule has 0 aromatic carbocycles. The molecule has 1 saturated carbocycles. The standard InChI is InChI=1S/C20H26N4O/c1-20(2,3)24-18(14-6-7-14)13-16(22-24)19(25)23-12-4-5-17(23)15-8-10-21-11-9-15/h8-11,13-14,17H,4-7,12H2,1-3H3/t17-/m1/s1. The van der Waals surface area contributed by atoms with Crippen LogP contribution >= 0.6 is 0 Å². The molecule has 1 atom stereocenters. The summed E-state index contributed by atoms with van der Waals surface area (Å²) in [5.74, 6) is 0.632. The third-order valence-corrected chi connectivity index (χ3v) is 5.19. The average Bonchev–Trinajstić information content (AvgIpc) is 3.14. The second-order valence-electron chi connectivity index (χ2n) is 8.25. The van der Waals surface area contributed by atoms with Crippen LogP contribution in [0.3, 0.4) is 0 Å². The normalized spacial score (nSPS) is 20.9. The summed E-state index contributed by atoms with van der Waals surface area (Å²) in [6.45, 7) is 7.24. The van der Waals surface area contributed by atoms with Gasteiger partial charge in [0.1, 0.15) is 0 Å². The predicted octanol–water partition coefficient (Wildman–Crippen LogP) is 3.89. The lowest BCUT2D eigenvalue weighted by Crippen LogP contribution is -2.31. The summed E-state index contributed by atoms with van der Waals surface area (Å²) < 4.78 is 2.06. The van der Waals surface area contributed by atoms with E-state index >= 15 is 0 Å². The molecule has 1 aliphatic carbocycles. The topological polar surface area (TPSA) is 51.0 Å². The maximum atomic E-state index is 13.2. The van der Waals surface area contributed by atoms with Crippen molar-refractivity contribution in [2.45, 2.75) is 64.0 Å². The Morgan fingerprint density at radius 1 is 1.16 bits per heavy atom. The van der Waals surface area contributed by atoms with Crippen LogP contribution in [0.25, 0.3) is 0 Å². The molecule has 2 fully saturated rings. The van der Waals surface area contributed by atoms with Crippen LogP contribution in [-0.2, 0) is 5.54 Å². The minimum atomic E-state index is -0.105. The van der Waals surface area contributed by atoms with Crippen molar-refractivity contribution in [3.8, 4) is 0 Å². The fourth-order valence-corrected chi connectivity index (χ4v) is 3.80. The summed E-state index contributed by atoms with van der Waals surface area (Å²) in [6, 6.07) is 6.20. The fourth-order valence-electron chi connectivity index (χ4n) is 3.80. The predicted molar refractivity (Wildman–Crippen MR) is 96.4 cm³/mol. The van der Waals surface area contributed by atoms with Gasteiger partial charge in [0, 0.05) is 30.6 Å². The van der Waals surface area contributed by atoms with Gasteiger partial charge in [-0.2, -0.15) is 5.10 Å². The molecular weight excluding hydrogens is 312 g/mol. The van der Waals surface area contributed by atoms with Crippen molar-refractivity contribution < 1.29 is 4.79 Å². The van der Waals surface area contributed by atoms with Gasteiger partial charge in [0.15, 0.2) is 5.69 Å². The maximum absolute atomic E-state index is 13.2. The first kappa shape index (κ1) is 16.3. The largest absolute Gasteiger partial charge is 0.330 e. The molecule has 1 aliphatic heterocycles. The molecule has 2 aromatic rings. The molecule has 4 rings (SSSR count). The van der Waals surface area contributed by atoms with Crippen molar-refractivity contribution in [1.29, 1.82) is 0 Å². The van der Waals surface area contributed by atoms with E-state index in [0.29, 0.717) is 11.6 Å². The molecule has 2 aromatic heterocycles. The van der Waals surface area contributed by atoms with E-state index in [1.807, 2.05) is 23.1 Å². The SMILES string of the molecule is CC(C)(C)n1nc(C(=O)N2CCC[C@@H]2c2ccncc2)cc1C1CC1. The molecule has 25 heavy (non-hydrogen) atoms. The van der Waals surface area contributed by atoms with E-state index in [-0.39, 0.29) is 17.5 Å². The number of pyridine rings is 1. The molecule has 0 N–H and O–H groups in total. The summed E-state index contributed by atoms with van der Waals surface area (Å²) in [7, 11) is 0. The molecule has 1 saturated heterocycles. The lowest BCUT2D eigenvalue weighted by atomic mass is 10.1.